The number of benzene rings is 2. The molecule has 1 saturated heterocycles. The van der Waals surface area contributed by atoms with E-state index in [2.05, 4.69) is 72.4 Å². The van der Waals surface area contributed by atoms with Crippen LogP contribution in [0.15, 0.2) is 42.5 Å². The van der Waals surface area contributed by atoms with Gasteiger partial charge in [-0.2, -0.15) is 0 Å². The Labute approximate surface area is 181 Å². The Hall–Kier alpha value is -2.53. The van der Waals surface area contributed by atoms with Gasteiger partial charge in [0.2, 0.25) is 5.91 Å². The average molecular weight is 409 g/mol. The fourth-order valence-corrected chi connectivity index (χ4v) is 4.08. The molecule has 2 aromatic carbocycles. The van der Waals surface area contributed by atoms with E-state index in [1.807, 2.05) is 25.1 Å². The minimum Gasteiger partial charge on any atom is -0.374 e. The third-order valence-electron chi connectivity index (χ3n) is 5.97. The van der Waals surface area contributed by atoms with Crippen LogP contribution >= 0.6 is 0 Å². The summed E-state index contributed by atoms with van der Waals surface area (Å²) >= 11 is 0. The number of anilines is 3. The van der Waals surface area contributed by atoms with Gasteiger partial charge in [0, 0.05) is 43.2 Å². The summed E-state index contributed by atoms with van der Waals surface area (Å²) in [5, 5.41) is 6.44. The average Bonchev–Trinajstić information content (AvgIpc) is 2.74. The quantitative estimate of drug-likeness (QED) is 0.697. The summed E-state index contributed by atoms with van der Waals surface area (Å²) in [4.78, 5) is 17.7. The fourth-order valence-electron chi connectivity index (χ4n) is 4.08. The summed E-state index contributed by atoms with van der Waals surface area (Å²) in [5.41, 5.74) is 5.55. The first-order valence-electron chi connectivity index (χ1n) is 11.1. The topological polar surface area (TPSA) is 47.6 Å². The van der Waals surface area contributed by atoms with Crippen molar-refractivity contribution in [1.82, 2.24) is 4.90 Å². The normalized spacial score (nSPS) is 15.9. The van der Waals surface area contributed by atoms with Gasteiger partial charge < -0.3 is 20.4 Å². The van der Waals surface area contributed by atoms with Crippen molar-refractivity contribution in [3.05, 3.63) is 53.6 Å². The zero-order valence-corrected chi connectivity index (χ0v) is 19.0. The van der Waals surface area contributed by atoms with E-state index in [1.54, 1.807) is 0 Å². The number of nitrogens with zero attached hydrogens (tertiary/aromatic N) is 2. The van der Waals surface area contributed by atoms with E-state index in [4.69, 9.17) is 0 Å². The summed E-state index contributed by atoms with van der Waals surface area (Å²) in [6.45, 7) is 16.0. The highest BCUT2D eigenvalue weighted by molar-refractivity contribution is 5.97. The van der Waals surface area contributed by atoms with Crippen LogP contribution in [0, 0.1) is 6.92 Å². The predicted octanol–water partition coefficient (Wildman–Crippen LogP) is 4.70. The smallest absolute Gasteiger partial charge is 0.246 e. The molecule has 3 rings (SSSR count). The molecule has 0 radical (unpaired) electrons. The Balaban J connectivity index is 1.62. The molecule has 1 unspecified atom stereocenters. The second-order valence-electron chi connectivity index (χ2n) is 8.52. The van der Waals surface area contributed by atoms with Gasteiger partial charge in [-0.15, -0.1) is 0 Å². The molecule has 5 nitrogen and oxygen atoms in total. The zero-order valence-electron chi connectivity index (χ0n) is 19.0. The maximum Gasteiger partial charge on any atom is 0.246 e. The number of hydrogen-bond donors (Lipinski definition) is 2. The molecule has 0 saturated carbocycles. The lowest BCUT2D eigenvalue weighted by Crippen LogP contribution is -2.46. The summed E-state index contributed by atoms with van der Waals surface area (Å²) in [5.74, 6) is 0.333. The van der Waals surface area contributed by atoms with Gasteiger partial charge in [0.1, 0.15) is 6.04 Å². The van der Waals surface area contributed by atoms with Gasteiger partial charge >= 0.3 is 0 Å². The maximum absolute atomic E-state index is 12.8. The van der Waals surface area contributed by atoms with Crippen LogP contribution < -0.4 is 15.5 Å². The Bertz CT molecular complexity index is 856. The molecule has 5 heteroatoms. The van der Waals surface area contributed by atoms with Crippen LogP contribution in [0.4, 0.5) is 17.1 Å². The monoisotopic (exact) mass is 408 g/mol. The molecule has 0 spiro atoms. The van der Waals surface area contributed by atoms with Crippen LogP contribution in [0.2, 0.25) is 0 Å². The van der Waals surface area contributed by atoms with Gasteiger partial charge in [-0.3, -0.25) is 4.79 Å². The van der Waals surface area contributed by atoms with Crippen molar-refractivity contribution in [2.24, 2.45) is 0 Å². The summed E-state index contributed by atoms with van der Waals surface area (Å²) in [6, 6.07) is 14.1. The molecule has 1 heterocycles. The lowest BCUT2D eigenvalue weighted by atomic mass is 10.0. The van der Waals surface area contributed by atoms with Crippen molar-refractivity contribution in [3.8, 4) is 0 Å². The number of piperazine rings is 1. The Kier molecular flexibility index (Phi) is 7.38. The molecule has 162 valence electrons. The van der Waals surface area contributed by atoms with Gasteiger partial charge in [0.15, 0.2) is 0 Å². The number of carbonyl (C=O) groups excluding carboxylic acids is 1. The SMILES string of the molecule is CCN1CCN(c2ccc(NC(C)C(=O)Nc3ccccc3C(C)C)cc2C)CC1. The molecule has 0 bridgehead atoms. The van der Waals surface area contributed by atoms with Crippen LogP contribution in [0.1, 0.15) is 44.7 Å². The number of likely N-dealkylation sites (N-methyl/N-ethyl adjacent to an activating group) is 1. The third-order valence-corrected chi connectivity index (χ3v) is 5.97. The van der Waals surface area contributed by atoms with Gasteiger partial charge in [0.25, 0.3) is 0 Å². The van der Waals surface area contributed by atoms with E-state index in [0.717, 1.165) is 49.7 Å². The number of para-hydroxylation sites is 1. The number of amides is 1. The first-order chi connectivity index (χ1) is 14.4. The number of nitrogens with one attached hydrogen (secondary N) is 2. The van der Waals surface area contributed by atoms with Crippen molar-refractivity contribution < 1.29 is 4.79 Å². The molecular weight excluding hydrogens is 372 g/mol. The van der Waals surface area contributed by atoms with Crippen molar-refractivity contribution in [1.29, 1.82) is 0 Å². The van der Waals surface area contributed by atoms with E-state index in [-0.39, 0.29) is 11.9 Å². The van der Waals surface area contributed by atoms with Crippen molar-refractivity contribution in [2.75, 3.05) is 48.3 Å². The maximum atomic E-state index is 12.8. The Morgan fingerprint density at radius 1 is 1.03 bits per heavy atom. The minimum absolute atomic E-state index is 0.0273. The standard InChI is InChI=1S/C25H36N4O/c1-6-28-13-15-29(16-14-28)24-12-11-21(17-19(24)4)26-20(5)25(30)27-23-10-8-7-9-22(23)18(2)3/h7-12,17-18,20,26H,6,13-16H2,1-5H3,(H,27,30). The van der Waals surface area contributed by atoms with Crippen LogP contribution in [0.5, 0.6) is 0 Å². The van der Waals surface area contributed by atoms with Gasteiger partial charge in [-0.25, -0.2) is 0 Å². The number of carbonyl (C=O) groups is 1. The molecule has 30 heavy (non-hydrogen) atoms. The summed E-state index contributed by atoms with van der Waals surface area (Å²) < 4.78 is 0. The lowest BCUT2D eigenvalue weighted by molar-refractivity contribution is -0.116. The van der Waals surface area contributed by atoms with Gasteiger partial charge in [-0.1, -0.05) is 39.0 Å². The number of rotatable bonds is 7. The van der Waals surface area contributed by atoms with Crippen molar-refractivity contribution in [3.63, 3.8) is 0 Å². The molecule has 0 aliphatic carbocycles. The highest BCUT2D eigenvalue weighted by Gasteiger charge is 2.19. The van der Waals surface area contributed by atoms with Crippen LogP contribution in [-0.4, -0.2) is 49.6 Å². The highest BCUT2D eigenvalue weighted by atomic mass is 16.2. The number of aryl methyl sites for hydroxylation is 1. The van der Waals surface area contributed by atoms with Crippen molar-refractivity contribution >= 4 is 23.0 Å². The second kappa shape index (κ2) is 9.98. The Morgan fingerprint density at radius 3 is 2.37 bits per heavy atom. The van der Waals surface area contributed by atoms with E-state index in [9.17, 15) is 4.79 Å². The van der Waals surface area contributed by atoms with Crippen LogP contribution in [-0.2, 0) is 4.79 Å². The lowest BCUT2D eigenvalue weighted by Gasteiger charge is -2.36. The van der Waals surface area contributed by atoms with E-state index in [1.165, 1.54) is 11.3 Å². The molecule has 2 aromatic rings. The van der Waals surface area contributed by atoms with Crippen LogP contribution in [0.25, 0.3) is 0 Å². The largest absolute Gasteiger partial charge is 0.374 e. The van der Waals surface area contributed by atoms with E-state index < -0.39 is 0 Å². The molecule has 1 amide bonds. The minimum atomic E-state index is -0.330. The molecular formula is C25H36N4O. The Morgan fingerprint density at radius 2 is 1.73 bits per heavy atom. The molecule has 1 atom stereocenters. The first kappa shape index (κ1) is 22.2. The second-order valence-corrected chi connectivity index (χ2v) is 8.52. The number of hydrogen-bond acceptors (Lipinski definition) is 4. The summed E-state index contributed by atoms with van der Waals surface area (Å²) in [6.07, 6.45) is 0. The molecule has 2 N–H and O–H groups in total. The van der Waals surface area contributed by atoms with E-state index in [0.29, 0.717) is 5.92 Å². The van der Waals surface area contributed by atoms with Gasteiger partial charge in [0.05, 0.1) is 0 Å². The molecule has 1 fully saturated rings. The molecule has 1 aliphatic heterocycles. The first-order valence-corrected chi connectivity index (χ1v) is 11.1. The summed E-state index contributed by atoms with van der Waals surface area (Å²) in [7, 11) is 0. The fraction of sp³-hybridized carbons (Fsp3) is 0.480. The van der Waals surface area contributed by atoms with Crippen LogP contribution in [0.3, 0.4) is 0 Å². The molecule has 1 aliphatic rings. The molecule has 0 aromatic heterocycles. The highest BCUT2D eigenvalue weighted by Crippen LogP contribution is 2.26. The van der Waals surface area contributed by atoms with E-state index >= 15 is 0 Å². The zero-order chi connectivity index (χ0) is 21.7. The van der Waals surface area contributed by atoms with Crippen molar-refractivity contribution in [2.45, 2.75) is 46.6 Å². The third kappa shape index (κ3) is 5.33. The van der Waals surface area contributed by atoms with Gasteiger partial charge in [-0.05, 0) is 61.7 Å². The predicted molar refractivity (Wildman–Crippen MR) is 128 cm³/mol.